The molecule has 1 spiro atoms. The molecule has 2 atom stereocenters. The van der Waals surface area contributed by atoms with E-state index in [1.54, 1.807) is 0 Å². The molecule has 0 radical (unpaired) electrons. The molecule has 0 aromatic carbocycles. The summed E-state index contributed by atoms with van der Waals surface area (Å²) in [6.07, 6.45) is 5.69. The lowest BCUT2D eigenvalue weighted by molar-refractivity contribution is -0.0389. The maximum atomic E-state index is 12.2. The van der Waals surface area contributed by atoms with Crippen LogP contribution in [-0.4, -0.2) is 23.0 Å². The van der Waals surface area contributed by atoms with Crippen LogP contribution in [0.25, 0.3) is 0 Å². The van der Waals surface area contributed by atoms with Crippen LogP contribution in [0.15, 0.2) is 21.5 Å². The van der Waals surface area contributed by atoms with Crippen molar-refractivity contribution in [3.05, 3.63) is 32.7 Å². The van der Waals surface area contributed by atoms with Gasteiger partial charge in [0.2, 0.25) is 5.56 Å². The number of H-pyrrole nitrogens is 1. The van der Waals surface area contributed by atoms with E-state index < -0.39 is 0 Å². The van der Waals surface area contributed by atoms with E-state index in [-0.39, 0.29) is 29.0 Å². The van der Waals surface area contributed by atoms with E-state index in [0.29, 0.717) is 10.0 Å². The number of hydrogen-bond acceptors (Lipinski definition) is 3. The van der Waals surface area contributed by atoms with Gasteiger partial charge in [0.1, 0.15) is 0 Å². The molecule has 3 rings (SSSR count). The second-order valence-electron chi connectivity index (χ2n) is 5.51. The van der Waals surface area contributed by atoms with Gasteiger partial charge in [-0.2, -0.15) is 0 Å². The molecule has 0 saturated heterocycles. The van der Waals surface area contributed by atoms with Crippen LogP contribution < -0.4 is 16.6 Å². The molecule has 5 nitrogen and oxygen atoms in total. The van der Waals surface area contributed by atoms with Gasteiger partial charge in [0.15, 0.2) is 0 Å². The number of aromatic nitrogens is 1. The van der Waals surface area contributed by atoms with Crippen molar-refractivity contribution in [1.29, 1.82) is 0 Å². The summed E-state index contributed by atoms with van der Waals surface area (Å²) < 4.78 is 0.593. The number of carbonyl (C=O) groups excluding carboxylic acids is 1. The SMILES string of the molecule is NC1CC(NC(=O)c2cc(=O)[nH]cc2Br)C12CCC2. The van der Waals surface area contributed by atoms with Crippen molar-refractivity contribution in [2.24, 2.45) is 11.1 Å². The van der Waals surface area contributed by atoms with E-state index in [0.717, 1.165) is 19.3 Å². The highest BCUT2D eigenvalue weighted by atomic mass is 79.9. The van der Waals surface area contributed by atoms with E-state index in [9.17, 15) is 9.59 Å². The molecule has 2 unspecified atom stereocenters. The van der Waals surface area contributed by atoms with Gasteiger partial charge >= 0.3 is 0 Å². The lowest BCUT2D eigenvalue weighted by atomic mass is 9.50. The zero-order valence-corrected chi connectivity index (χ0v) is 12.0. The number of nitrogens with one attached hydrogen (secondary N) is 2. The number of aromatic amines is 1. The van der Waals surface area contributed by atoms with E-state index in [1.165, 1.54) is 18.7 Å². The van der Waals surface area contributed by atoms with Gasteiger partial charge < -0.3 is 16.0 Å². The average molecular weight is 326 g/mol. The van der Waals surface area contributed by atoms with Gasteiger partial charge in [-0.25, -0.2) is 0 Å². The molecule has 2 saturated carbocycles. The van der Waals surface area contributed by atoms with E-state index in [4.69, 9.17) is 5.73 Å². The van der Waals surface area contributed by atoms with Crippen LogP contribution in [0, 0.1) is 5.41 Å². The van der Waals surface area contributed by atoms with Crippen LogP contribution >= 0.6 is 15.9 Å². The van der Waals surface area contributed by atoms with Crippen molar-refractivity contribution in [2.45, 2.75) is 37.8 Å². The summed E-state index contributed by atoms with van der Waals surface area (Å²) in [5.41, 5.74) is 6.27. The Morgan fingerprint density at radius 3 is 2.84 bits per heavy atom. The molecule has 0 aliphatic heterocycles. The molecular weight excluding hydrogens is 310 g/mol. The fraction of sp³-hybridized carbons (Fsp3) is 0.538. The van der Waals surface area contributed by atoms with Crippen LogP contribution in [0.2, 0.25) is 0 Å². The first-order valence-electron chi connectivity index (χ1n) is 6.47. The van der Waals surface area contributed by atoms with Crippen molar-refractivity contribution in [3.63, 3.8) is 0 Å². The first-order valence-corrected chi connectivity index (χ1v) is 7.27. The standard InChI is InChI=1S/C13H16BrN3O2/c14-8-6-16-11(18)4-7(8)12(19)17-10-5-9(15)13(10)2-1-3-13/h4,6,9-10H,1-3,5,15H2,(H,16,18)(H,17,19). The second-order valence-corrected chi connectivity index (χ2v) is 6.37. The van der Waals surface area contributed by atoms with E-state index in [2.05, 4.69) is 26.2 Å². The molecule has 2 aliphatic carbocycles. The van der Waals surface area contributed by atoms with Gasteiger partial charge in [0, 0.05) is 34.2 Å². The molecule has 4 N–H and O–H groups in total. The first-order chi connectivity index (χ1) is 9.03. The summed E-state index contributed by atoms with van der Waals surface area (Å²) in [5, 5.41) is 3.02. The minimum atomic E-state index is -0.281. The Labute approximate surface area is 119 Å². The Bertz CT molecular complexity index is 579. The third kappa shape index (κ3) is 1.94. The number of pyridine rings is 1. The van der Waals surface area contributed by atoms with Crippen LogP contribution in [0.5, 0.6) is 0 Å². The van der Waals surface area contributed by atoms with Crippen molar-refractivity contribution in [3.8, 4) is 0 Å². The summed E-state index contributed by atoms with van der Waals surface area (Å²) in [6.45, 7) is 0. The number of amides is 1. The topological polar surface area (TPSA) is 88.0 Å². The van der Waals surface area contributed by atoms with Gasteiger partial charge in [0.05, 0.1) is 5.56 Å². The van der Waals surface area contributed by atoms with Crippen LogP contribution in [0.1, 0.15) is 36.0 Å². The predicted octanol–water partition coefficient (Wildman–Crippen LogP) is 1.14. The Morgan fingerprint density at radius 2 is 2.26 bits per heavy atom. The van der Waals surface area contributed by atoms with Crippen molar-refractivity contribution < 1.29 is 4.79 Å². The fourth-order valence-electron chi connectivity index (χ4n) is 3.19. The minimum Gasteiger partial charge on any atom is -0.349 e. The molecule has 0 bridgehead atoms. The van der Waals surface area contributed by atoms with Crippen molar-refractivity contribution in [2.75, 3.05) is 0 Å². The number of halogens is 1. The molecule has 1 aromatic rings. The highest BCUT2D eigenvalue weighted by Gasteiger charge is 2.57. The summed E-state index contributed by atoms with van der Waals surface area (Å²) in [5.74, 6) is -0.207. The predicted molar refractivity (Wildman–Crippen MR) is 74.9 cm³/mol. The highest BCUT2D eigenvalue weighted by Crippen LogP contribution is 2.55. The lowest BCUT2D eigenvalue weighted by Crippen LogP contribution is -2.69. The highest BCUT2D eigenvalue weighted by molar-refractivity contribution is 9.10. The number of rotatable bonds is 2. The first kappa shape index (κ1) is 12.9. The largest absolute Gasteiger partial charge is 0.349 e. The fourth-order valence-corrected chi connectivity index (χ4v) is 3.60. The summed E-state index contributed by atoms with van der Waals surface area (Å²) in [7, 11) is 0. The average Bonchev–Trinajstić information content (AvgIpc) is 2.29. The van der Waals surface area contributed by atoms with Crippen LogP contribution in [0.4, 0.5) is 0 Å². The summed E-state index contributed by atoms with van der Waals surface area (Å²) >= 11 is 3.28. The quantitative estimate of drug-likeness (QED) is 0.761. The Hall–Kier alpha value is -1.14. The Kier molecular flexibility index (Phi) is 3.02. The minimum absolute atomic E-state index is 0.114. The van der Waals surface area contributed by atoms with Crippen molar-refractivity contribution >= 4 is 21.8 Å². The smallest absolute Gasteiger partial charge is 0.252 e. The molecule has 2 aliphatic rings. The number of carbonyl (C=O) groups is 1. The zero-order valence-electron chi connectivity index (χ0n) is 10.4. The molecule has 2 fully saturated rings. The van der Waals surface area contributed by atoms with Gasteiger partial charge in [-0.05, 0) is 35.2 Å². The molecule has 6 heteroatoms. The van der Waals surface area contributed by atoms with Crippen molar-refractivity contribution in [1.82, 2.24) is 10.3 Å². The molecule has 1 aromatic heterocycles. The summed E-state index contributed by atoms with van der Waals surface area (Å²) in [4.78, 5) is 26.0. The van der Waals surface area contributed by atoms with Gasteiger partial charge in [0.25, 0.3) is 5.91 Å². The number of nitrogens with two attached hydrogens (primary N) is 1. The molecule has 1 heterocycles. The molecule has 19 heavy (non-hydrogen) atoms. The van der Waals surface area contributed by atoms with E-state index in [1.807, 2.05) is 0 Å². The van der Waals surface area contributed by atoms with Gasteiger partial charge in [-0.3, -0.25) is 9.59 Å². The lowest BCUT2D eigenvalue weighted by Gasteiger charge is -2.60. The summed E-state index contributed by atoms with van der Waals surface area (Å²) in [6, 6.07) is 1.66. The number of hydrogen-bond donors (Lipinski definition) is 3. The van der Waals surface area contributed by atoms with Crippen LogP contribution in [0.3, 0.4) is 0 Å². The second kappa shape index (κ2) is 4.45. The molecule has 1 amide bonds. The van der Waals surface area contributed by atoms with Gasteiger partial charge in [-0.1, -0.05) is 6.42 Å². The monoisotopic (exact) mass is 325 g/mol. The zero-order chi connectivity index (χ0) is 13.6. The van der Waals surface area contributed by atoms with Gasteiger partial charge in [-0.15, -0.1) is 0 Å². The third-order valence-corrected chi connectivity index (χ3v) is 5.29. The van der Waals surface area contributed by atoms with E-state index >= 15 is 0 Å². The molecular formula is C13H16BrN3O2. The van der Waals surface area contributed by atoms with Crippen LogP contribution in [-0.2, 0) is 0 Å². The normalized spacial score (nSPS) is 27.5. The molecule has 102 valence electrons. The Morgan fingerprint density at radius 1 is 1.53 bits per heavy atom. The maximum absolute atomic E-state index is 12.2. The Balaban J connectivity index is 1.75. The third-order valence-electron chi connectivity index (χ3n) is 4.63. The maximum Gasteiger partial charge on any atom is 0.252 e.